The molecule has 2 heterocycles. The number of urea groups is 2. The van der Waals surface area contributed by atoms with Crippen LogP contribution in [0.15, 0.2) is 36.4 Å². The normalized spacial score (nSPS) is 22.4. The average molecular weight is 696 g/mol. The van der Waals surface area contributed by atoms with Gasteiger partial charge < -0.3 is 49.8 Å². The van der Waals surface area contributed by atoms with E-state index in [1.807, 2.05) is 13.8 Å². The van der Waals surface area contributed by atoms with Gasteiger partial charge in [0, 0.05) is 56.1 Å². The molecule has 4 N–H and O–H groups in total. The highest BCUT2D eigenvalue weighted by Crippen LogP contribution is 2.34. The molecule has 0 aromatic heterocycles. The number of anilines is 2. The van der Waals surface area contributed by atoms with Gasteiger partial charge in [0.25, 0.3) is 5.91 Å². The van der Waals surface area contributed by atoms with E-state index in [1.54, 1.807) is 60.2 Å². The number of carbonyl (C=O) groups excluding carboxylic acids is 3. The lowest BCUT2D eigenvalue weighted by atomic mass is 9.96. The number of likely N-dealkylation sites (N-methyl/N-ethyl adjacent to an activating group) is 1. The van der Waals surface area contributed by atoms with Crippen LogP contribution >= 0.6 is 0 Å². The summed E-state index contributed by atoms with van der Waals surface area (Å²) in [7, 11) is 1.71. The first-order chi connectivity index (χ1) is 24.1. The molecule has 274 valence electrons. The first-order valence-corrected chi connectivity index (χ1v) is 17.9. The Balaban J connectivity index is 1.33. The molecule has 3 aliphatic rings. The molecule has 0 spiro atoms. The summed E-state index contributed by atoms with van der Waals surface area (Å²) in [5.74, 6) is 1.08. The lowest BCUT2D eigenvalue weighted by molar-refractivity contribution is -0.0115. The van der Waals surface area contributed by atoms with Gasteiger partial charge in [-0.1, -0.05) is 26.2 Å². The second-order valence-electron chi connectivity index (χ2n) is 13.8. The molecule has 50 heavy (non-hydrogen) atoms. The zero-order chi connectivity index (χ0) is 35.6. The average Bonchev–Trinajstić information content (AvgIpc) is 3.58. The third-order valence-corrected chi connectivity index (χ3v) is 9.67. The molecule has 0 saturated heterocycles. The van der Waals surface area contributed by atoms with E-state index in [4.69, 9.17) is 18.9 Å². The first kappa shape index (κ1) is 37.0. The van der Waals surface area contributed by atoms with E-state index in [2.05, 4.69) is 16.0 Å². The summed E-state index contributed by atoms with van der Waals surface area (Å²) in [6, 6.07) is 9.36. The quantitative estimate of drug-likeness (QED) is 0.283. The second-order valence-corrected chi connectivity index (χ2v) is 13.8. The summed E-state index contributed by atoms with van der Waals surface area (Å²) in [6.45, 7) is 6.63. The van der Waals surface area contributed by atoms with Crippen molar-refractivity contribution in [3.63, 3.8) is 0 Å². The van der Waals surface area contributed by atoms with Gasteiger partial charge in [0.1, 0.15) is 5.75 Å². The molecule has 5 amide bonds. The Kier molecular flexibility index (Phi) is 13.1. The number of aliphatic hydroxyl groups excluding tert-OH is 1. The van der Waals surface area contributed by atoms with Crippen LogP contribution in [0.2, 0.25) is 0 Å². The van der Waals surface area contributed by atoms with Crippen molar-refractivity contribution in [2.45, 2.75) is 96.4 Å². The van der Waals surface area contributed by atoms with Gasteiger partial charge in [0.05, 0.1) is 30.4 Å². The number of hydrogen-bond donors (Lipinski definition) is 4. The minimum atomic E-state index is -0.526. The smallest absolute Gasteiger partial charge is 0.321 e. The maximum absolute atomic E-state index is 14.4. The van der Waals surface area contributed by atoms with Crippen LogP contribution in [0.5, 0.6) is 17.2 Å². The summed E-state index contributed by atoms with van der Waals surface area (Å²) >= 11 is 0. The van der Waals surface area contributed by atoms with Gasteiger partial charge in [-0.3, -0.25) is 4.79 Å². The summed E-state index contributed by atoms with van der Waals surface area (Å²) < 4.78 is 23.5. The Morgan fingerprint density at radius 2 is 1.64 bits per heavy atom. The van der Waals surface area contributed by atoms with Gasteiger partial charge in [0.2, 0.25) is 6.79 Å². The standard InChI is InChI=1S/C37H53N5O8/c1-24-20-42(25(2)22-43)35(44)30-18-28(39-36(45)38-27-11-6-5-7-12-27)13-15-31(30)50-26(3)10-8-9-17-47-34(24)21-41(4)37(46)40-29-14-16-32-33(19-29)49-23-48-32/h13-16,18-19,24-27,34,43H,5-12,17,20-23H2,1-4H3,(H,40,46)(H2,38,39,45)/t24-,25-,26-,34+/m0/s1. The Bertz CT molecular complexity index is 1470. The Hall–Kier alpha value is -4.23. The molecular formula is C37H53N5O8. The van der Waals surface area contributed by atoms with E-state index >= 15 is 0 Å². The minimum absolute atomic E-state index is 0.137. The fraction of sp³-hybridized carbons (Fsp3) is 0.595. The predicted molar refractivity (Wildman–Crippen MR) is 190 cm³/mol. The van der Waals surface area contributed by atoms with Crippen molar-refractivity contribution in [3.8, 4) is 17.2 Å². The lowest BCUT2D eigenvalue weighted by Gasteiger charge is -2.35. The molecule has 0 radical (unpaired) electrons. The van der Waals surface area contributed by atoms with Gasteiger partial charge in [-0.15, -0.1) is 0 Å². The van der Waals surface area contributed by atoms with Crippen LogP contribution in [0.3, 0.4) is 0 Å². The number of nitrogens with zero attached hydrogens (tertiary/aromatic N) is 2. The maximum atomic E-state index is 14.4. The van der Waals surface area contributed by atoms with E-state index in [-0.39, 0.29) is 62.5 Å². The van der Waals surface area contributed by atoms with E-state index < -0.39 is 12.1 Å². The van der Waals surface area contributed by atoms with Gasteiger partial charge in [-0.25, -0.2) is 9.59 Å². The molecule has 13 nitrogen and oxygen atoms in total. The minimum Gasteiger partial charge on any atom is -0.490 e. The van der Waals surface area contributed by atoms with Crippen molar-refractivity contribution in [1.82, 2.24) is 15.1 Å². The summed E-state index contributed by atoms with van der Waals surface area (Å²) in [5, 5.41) is 19.1. The van der Waals surface area contributed by atoms with Gasteiger partial charge >= 0.3 is 12.1 Å². The predicted octanol–water partition coefficient (Wildman–Crippen LogP) is 5.83. The Morgan fingerprint density at radius 3 is 2.40 bits per heavy atom. The summed E-state index contributed by atoms with van der Waals surface area (Å²) in [5.41, 5.74) is 1.35. The molecule has 1 saturated carbocycles. The zero-order valence-corrected chi connectivity index (χ0v) is 29.7. The largest absolute Gasteiger partial charge is 0.490 e. The number of hydrogen-bond acceptors (Lipinski definition) is 8. The first-order valence-electron chi connectivity index (χ1n) is 17.9. The molecule has 13 heteroatoms. The molecule has 0 unspecified atom stereocenters. The van der Waals surface area contributed by atoms with Crippen molar-refractivity contribution < 1.29 is 38.4 Å². The van der Waals surface area contributed by atoms with Crippen LogP contribution < -0.4 is 30.2 Å². The van der Waals surface area contributed by atoms with Gasteiger partial charge in [-0.2, -0.15) is 0 Å². The number of nitrogens with one attached hydrogen (secondary N) is 3. The molecule has 1 fully saturated rings. The Morgan fingerprint density at radius 1 is 0.940 bits per heavy atom. The highest BCUT2D eigenvalue weighted by Gasteiger charge is 2.31. The summed E-state index contributed by atoms with van der Waals surface area (Å²) in [4.78, 5) is 43.8. The Labute approximate surface area is 294 Å². The number of benzene rings is 2. The van der Waals surface area contributed by atoms with Gasteiger partial charge in [-0.05, 0) is 76.3 Å². The SMILES string of the molecule is C[C@H]1CCCCO[C@H](CN(C)C(=O)Nc2ccc3c(c2)OCO3)[C@@H](C)CN([C@@H](C)CO)C(=O)c2cc(NC(=O)NC3CCCCC3)ccc2O1. The van der Waals surface area contributed by atoms with E-state index in [0.29, 0.717) is 40.8 Å². The molecule has 5 rings (SSSR count). The topological polar surface area (TPSA) is 151 Å². The van der Waals surface area contributed by atoms with Crippen LogP contribution in [0, 0.1) is 5.92 Å². The molecule has 4 atom stereocenters. The number of carbonyl (C=O) groups is 3. The highest BCUT2D eigenvalue weighted by molar-refractivity contribution is 5.99. The van der Waals surface area contributed by atoms with Crippen LogP contribution in [0.25, 0.3) is 0 Å². The van der Waals surface area contributed by atoms with E-state index in [0.717, 1.165) is 44.9 Å². The zero-order valence-electron chi connectivity index (χ0n) is 29.7. The van der Waals surface area contributed by atoms with Crippen LogP contribution in [0.4, 0.5) is 21.0 Å². The van der Waals surface area contributed by atoms with Crippen LogP contribution in [-0.2, 0) is 4.74 Å². The van der Waals surface area contributed by atoms with E-state index in [9.17, 15) is 19.5 Å². The molecule has 1 aliphatic carbocycles. The van der Waals surface area contributed by atoms with Crippen molar-refractivity contribution in [1.29, 1.82) is 0 Å². The molecule has 2 aliphatic heterocycles. The van der Waals surface area contributed by atoms with Crippen molar-refractivity contribution in [2.24, 2.45) is 5.92 Å². The number of ether oxygens (including phenoxy) is 4. The van der Waals surface area contributed by atoms with Crippen molar-refractivity contribution in [2.75, 3.05) is 50.8 Å². The fourth-order valence-electron chi connectivity index (χ4n) is 6.61. The maximum Gasteiger partial charge on any atom is 0.321 e. The van der Waals surface area contributed by atoms with Crippen molar-refractivity contribution >= 4 is 29.3 Å². The fourth-order valence-corrected chi connectivity index (χ4v) is 6.61. The lowest BCUT2D eigenvalue weighted by Crippen LogP contribution is -2.48. The number of amides is 5. The third-order valence-electron chi connectivity index (χ3n) is 9.67. The molecule has 2 aromatic rings. The highest BCUT2D eigenvalue weighted by atomic mass is 16.7. The van der Waals surface area contributed by atoms with Crippen LogP contribution in [0.1, 0.15) is 82.5 Å². The molecule has 0 bridgehead atoms. The van der Waals surface area contributed by atoms with Crippen LogP contribution in [-0.4, -0.2) is 97.3 Å². The third kappa shape index (κ3) is 9.94. The van der Waals surface area contributed by atoms with E-state index in [1.165, 1.54) is 6.42 Å². The molecule has 2 aromatic carbocycles. The van der Waals surface area contributed by atoms with Gasteiger partial charge in [0.15, 0.2) is 11.5 Å². The van der Waals surface area contributed by atoms with Crippen molar-refractivity contribution in [3.05, 3.63) is 42.0 Å². The number of rotatable bonds is 7. The number of fused-ring (bicyclic) bond motifs is 2. The monoisotopic (exact) mass is 695 g/mol. The number of aliphatic hydroxyl groups is 1. The summed E-state index contributed by atoms with van der Waals surface area (Å²) in [6.07, 6.45) is 7.11. The molecular weight excluding hydrogens is 642 g/mol. The second kappa shape index (κ2) is 17.6.